The number of aliphatic hydroxyl groups excluding tert-OH is 1. The fourth-order valence-corrected chi connectivity index (χ4v) is 2.65. The lowest BCUT2D eigenvalue weighted by molar-refractivity contribution is -0.121. The largest absolute Gasteiger partial charge is 0.388 e. The monoisotopic (exact) mass is 281 g/mol. The minimum atomic E-state index is -0.626. The van der Waals surface area contributed by atoms with Crippen molar-refractivity contribution >= 4 is 5.91 Å². The summed E-state index contributed by atoms with van der Waals surface area (Å²) in [5.74, 6) is -0.495. The Morgan fingerprint density at radius 2 is 1.95 bits per heavy atom. The van der Waals surface area contributed by atoms with E-state index in [0.717, 1.165) is 5.56 Å². The van der Waals surface area contributed by atoms with Crippen molar-refractivity contribution < 1.29 is 23.8 Å². The van der Waals surface area contributed by atoms with Crippen molar-refractivity contribution in [2.45, 2.75) is 30.8 Å². The zero-order valence-electron chi connectivity index (χ0n) is 10.8. The number of carbonyl (C=O) groups excluding carboxylic acids is 1. The van der Waals surface area contributed by atoms with Gasteiger partial charge in [-0.05, 0) is 17.7 Å². The Labute approximate surface area is 115 Å². The van der Waals surface area contributed by atoms with Crippen molar-refractivity contribution in [2.24, 2.45) is 0 Å². The van der Waals surface area contributed by atoms with Crippen LogP contribution in [0.4, 0.5) is 4.39 Å². The summed E-state index contributed by atoms with van der Waals surface area (Å²) in [7, 11) is 0. The van der Waals surface area contributed by atoms with Gasteiger partial charge in [-0.3, -0.25) is 4.79 Å². The quantitative estimate of drug-likeness (QED) is 0.819. The fraction of sp³-hybridized carbons (Fsp3) is 0.500. The van der Waals surface area contributed by atoms with Crippen LogP contribution in [0.3, 0.4) is 0 Å². The molecule has 5 nitrogen and oxygen atoms in total. The van der Waals surface area contributed by atoms with E-state index >= 15 is 0 Å². The van der Waals surface area contributed by atoms with Crippen molar-refractivity contribution in [3.05, 3.63) is 35.6 Å². The van der Waals surface area contributed by atoms with E-state index in [4.69, 9.17) is 9.47 Å². The van der Waals surface area contributed by atoms with Crippen LogP contribution in [0.25, 0.3) is 0 Å². The van der Waals surface area contributed by atoms with E-state index < -0.39 is 6.10 Å². The highest BCUT2D eigenvalue weighted by Crippen LogP contribution is 2.26. The van der Waals surface area contributed by atoms with E-state index in [9.17, 15) is 14.3 Å². The van der Waals surface area contributed by atoms with Gasteiger partial charge in [0.1, 0.15) is 24.1 Å². The lowest BCUT2D eigenvalue weighted by Gasteiger charge is -2.17. The normalized spacial score (nSPS) is 32.1. The van der Waals surface area contributed by atoms with Crippen molar-refractivity contribution in [3.63, 3.8) is 0 Å². The zero-order valence-corrected chi connectivity index (χ0v) is 10.8. The van der Waals surface area contributed by atoms with Gasteiger partial charge in [-0.25, -0.2) is 4.39 Å². The molecule has 2 aliphatic rings. The number of rotatable bonds is 3. The zero-order chi connectivity index (χ0) is 14.1. The van der Waals surface area contributed by atoms with E-state index in [1.54, 1.807) is 12.1 Å². The molecule has 4 atom stereocenters. The van der Waals surface area contributed by atoms with Gasteiger partial charge in [-0.2, -0.15) is 0 Å². The highest BCUT2D eigenvalue weighted by molar-refractivity contribution is 5.79. The van der Waals surface area contributed by atoms with Crippen molar-refractivity contribution in [2.75, 3.05) is 13.2 Å². The first-order valence-corrected chi connectivity index (χ1v) is 6.58. The number of hydrogen-bond acceptors (Lipinski definition) is 4. The Hall–Kier alpha value is -1.50. The molecule has 0 unspecified atom stereocenters. The summed E-state index contributed by atoms with van der Waals surface area (Å²) >= 11 is 0. The van der Waals surface area contributed by atoms with Crippen molar-refractivity contribution in [1.29, 1.82) is 0 Å². The third-order valence-electron chi connectivity index (χ3n) is 3.65. The molecule has 0 aromatic heterocycles. The predicted molar refractivity (Wildman–Crippen MR) is 67.5 cm³/mol. The third-order valence-corrected chi connectivity index (χ3v) is 3.65. The highest BCUT2D eigenvalue weighted by Gasteiger charge is 2.47. The second kappa shape index (κ2) is 5.47. The summed E-state index contributed by atoms with van der Waals surface area (Å²) in [5, 5.41) is 12.5. The van der Waals surface area contributed by atoms with Crippen LogP contribution in [-0.2, 0) is 20.7 Å². The van der Waals surface area contributed by atoms with Crippen LogP contribution in [0.1, 0.15) is 5.56 Å². The second-order valence-corrected chi connectivity index (χ2v) is 5.14. The van der Waals surface area contributed by atoms with Gasteiger partial charge in [0.15, 0.2) is 0 Å². The second-order valence-electron chi connectivity index (χ2n) is 5.14. The van der Waals surface area contributed by atoms with Crippen LogP contribution < -0.4 is 5.32 Å². The summed E-state index contributed by atoms with van der Waals surface area (Å²) in [5.41, 5.74) is 0.742. The topological polar surface area (TPSA) is 67.8 Å². The number of ether oxygens (including phenoxy) is 2. The molecule has 6 heteroatoms. The van der Waals surface area contributed by atoms with E-state index in [0.29, 0.717) is 6.61 Å². The van der Waals surface area contributed by atoms with Crippen LogP contribution in [0.15, 0.2) is 24.3 Å². The van der Waals surface area contributed by atoms with E-state index in [-0.39, 0.29) is 43.0 Å². The van der Waals surface area contributed by atoms with E-state index in [2.05, 4.69) is 5.32 Å². The van der Waals surface area contributed by atoms with E-state index in [1.807, 2.05) is 0 Å². The fourth-order valence-electron chi connectivity index (χ4n) is 2.65. The molecule has 1 aromatic carbocycles. The number of fused-ring (bicyclic) bond motifs is 1. The van der Waals surface area contributed by atoms with Gasteiger partial charge in [0.25, 0.3) is 0 Å². The number of benzene rings is 1. The molecule has 2 fully saturated rings. The van der Waals surface area contributed by atoms with Crippen molar-refractivity contribution in [1.82, 2.24) is 5.32 Å². The van der Waals surface area contributed by atoms with Gasteiger partial charge in [-0.1, -0.05) is 12.1 Å². The van der Waals surface area contributed by atoms with Gasteiger partial charge in [0.2, 0.25) is 5.91 Å². The summed E-state index contributed by atoms with van der Waals surface area (Å²) in [4.78, 5) is 11.9. The SMILES string of the molecule is O=C(Cc1ccc(F)cc1)N[C@@H]1CO[C@H]2[C@@H]1OC[C@H]2O. The molecule has 0 spiro atoms. The Morgan fingerprint density at radius 1 is 1.25 bits per heavy atom. The molecule has 2 N–H and O–H groups in total. The average molecular weight is 281 g/mol. The molecule has 0 saturated carbocycles. The van der Waals surface area contributed by atoms with E-state index in [1.165, 1.54) is 12.1 Å². The lowest BCUT2D eigenvalue weighted by Crippen LogP contribution is -2.44. The van der Waals surface area contributed by atoms with Gasteiger partial charge in [0.05, 0.1) is 25.7 Å². The van der Waals surface area contributed by atoms with Gasteiger partial charge in [0, 0.05) is 0 Å². The Morgan fingerprint density at radius 3 is 2.70 bits per heavy atom. The number of amides is 1. The minimum absolute atomic E-state index is 0.171. The predicted octanol–water partition coefficient (Wildman–Crippen LogP) is 0.0115. The van der Waals surface area contributed by atoms with Gasteiger partial charge >= 0.3 is 0 Å². The first-order valence-electron chi connectivity index (χ1n) is 6.58. The molecule has 2 saturated heterocycles. The molecule has 3 rings (SSSR count). The maximum atomic E-state index is 12.8. The van der Waals surface area contributed by atoms with Crippen LogP contribution in [-0.4, -0.2) is 48.6 Å². The molecular formula is C14H16FNO4. The number of hydrogen-bond donors (Lipinski definition) is 2. The smallest absolute Gasteiger partial charge is 0.224 e. The molecule has 1 aromatic rings. The molecule has 0 bridgehead atoms. The Kier molecular flexibility index (Phi) is 3.69. The molecule has 2 aliphatic heterocycles. The standard InChI is InChI=1S/C14H16FNO4/c15-9-3-1-8(2-4-9)5-12(18)16-10-6-19-14-11(17)7-20-13(10)14/h1-4,10-11,13-14,17H,5-7H2,(H,16,18)/t10-,11-,13-,14-/m1/s1. The molecule has 0 aliphatic carbocycles. The van der Waals surface area contributed by atoms with Gasteiger partial charge < -0.3 is 19.9 Å². The highest BCUT2D eigenvalue weighted by atomic mass is 19.1. The third kappa shape index (κ3) is 2.67. The molecule has 2 heterocycles. The summed E-state index contributed by atoms with van der Waals surface area (Å²) < 4.78 is 23.6. The summed E-state index contributed by atoms with van der Waals surface area (Å²) in [6.45, 7) is 0.571. The van der Waals surface area contributed by atoms with Crippen LogP contribution >= 0.6 is 0 Å². The first-order chi connectivity index (χ1) is 9.63. The molecule has 0 radical (unpaired) electrons. The molecular weight excluding hydrogens is 265 g/mol. The minimum Gasteiger partial charge on any atom is -0.388 e. The molecule has 108 valence electrons. The molecule has 20 heavy (non-hydrogen) atoms. The Balaban J connectivity index is 1.56. The van der Waals surface area contributed by atoms with Crippen LogP contribution in [0.5, 0.6) is 0 Å². The number of halogens is 1. The summed E-state index contributed by atoms with van der Waals surface area (Å²) in [6, 6.07) is 5.57. The molecule has 1 amide bonds. The van der Waals surface area contributed by atoms with Crippen molar-refractivity contribution in [3.8, 4) is 0 Å². The summed E-state index contributed by atoms with van der Waals surface area (Å²) in [6.07, 6.45) is -1.09. The van der Waals surface area contributed by atoms with Crippen LogP contribution in [0.2, 0.25) is 0 Å². The maximum absolute atomic E-state index is 12.8. The van der Waals surface area contributed by atoms with Crippen LogP contribution in [0, 0.1) is 5.82 Å². The average Bonchev–Trinajstić information content (AvgIpc) is 2.97. The van der Waals surface area contributed by atoms with Gasteiger partial charge in [-0.15, -0.1) is 0 Å². The maximum Gasteiger partial charge on any atom is 0.224 e. The number of carbonyl (C=O) groups is 1. The lowest BCUT2D eigenvalue weighted by atomic mass is 10.1. The number of aliphatic hydroxyl groups is 1. The number of nitrogens with one attached hydrogen (secondary N) is 1. The Bertz CT molecular complexity index is 492. The first kappa shape index (κ1) is 13.5.